The van der Waals surface area contributed by atoms with Crippen LogP contribution in [0.3, 0.4) is 0 Å². The molecule has 1 aromatic rings. The van der Waals surface area contributed by atoms with Gasteiger partial charge in [-0.25, -0.2) is 4.79 Å². The Kier molecular flexibility index (Phi) is 5.01. The summed E-state index contributed by atoms with van der Waals surface area (Å²) in [5.41, 5.74) is 0.983. The monoisotopic (exact) mass is 306 g/mol. The Labute approximate surface area is 127 Å². The van der Waals surface area contributed by atoms with Gasteiger partial charge in [0.25, 0.3) is 0 Å². The minimum Gasteiger partial charge on any atom is -0.480 e. The first kappa shape index (κ1) is 15.6. The summed E-state index contributed by atoms with van der Waals surface area (Å²) < 4.78 is 0. The van der Waals surface area contributed by atoms with Crippen molar-refractivity contribution >= 4 is 28.7 Å². The van der Waals surface area contributed by atoms with E-state index in [4.69, 9.17) is 5.11 Å². The molecule has 1 aliphatic heterocycles. The van der Waals surface area contributed by atoms with Crippen molar-refractivity contribution < 1.29 is 14.7 Å². The first-order valence-corrected chi connectivity index (χ1v) is 7.77. The Morgan fingerprint density at radius 2 is 2.00 bits per heavy atom. The van der Waals surface area contributed by atoms with Gasteiger partial charge in [-0.2, -0.15) is 0 Å². The van der Waals surface area contributed by atoms with Crippen molar-refractivity contribution in [3.05, 3.63) is 35.9 Å². The van der Waals surface area contributed by atoms with E-state index in [1.54, 1.807) is 13.8 Å². The predicted molar refractivity (Wildman–Crippen MR) is 83.6 cm³/mol. The molecule has 0 saturated carbocycles. The van der Waals surface area contributed by atoms with Crippen molar-refractivity contribution in [1.82, 2.24) is 5.32 Å². The lowest BCUT2D eigenvalue weighted by Gasteiger charge is -2.19. The van der Waals surface area contributed by atoms with Gasteiger partial charge in [0.2, 0.25) is 5.91 Å². The third-order valence-electron chi connectivity index (χ3n) is 3.20. The van der Waals surface area contributed by atoms with Crippen molar-refractivity contribution in [3.63, 3.8) is 0 Å². The maximum atomic E-state index is 12.1. The quantitative estimate of drug-likeness (QED) is 0.869. The van der Waals surface area contributed by atoms with Crippen molar-refractivity contribution in [1.29, 1.82) is 0 Å². The van der Waals surface area contributed by atoms with Gasteiger partial charge in [0.1, 0.15) is 12.1 Å². The molecule has 0 saturated heterocycles. The van der Waals surface area contributed by atoms with Gasteiger partial charge in [-0.1, -0.05) is 44.2 Å². The molecule has 6 heteroatoms. The van der Waals surface area contributed by atoms with Crippen LogP contribution in [0.1, 0.15) is 19.4 Å². The van der Waals surface area contributed by atoms with E-state index in [-0.39, 0.29) is 11.8 Å². The summed E-state index contributed by atoms with van der Waals surface area (Å²) in [6, 6.07) is 8.26. The highest BCUT2D eigenvalue weighted by Gasteiger charge is 2.30. The van der Waals surface area contributed by atoms with Crippen LogP contribution < -0.4 is 5.32 Å². The van der Waals surface area contributed by atoms with Crippen LogP contribution in [-0.4, -0.2) is 39.9 Å². The molecule has 1 heterocycles. The zero-order valence-corrected chi connectivity index (χ0v) is 12.8. The average molecular weight is 306 g/mol. The first-order valence-electron chi connectivity index (χ1n) is 6.78. The molecule has 0 bridgehead atoms. The van der Waals surface area contributed by atoms with Gasteiger partial charge in [-0.05, 0) is 5.92 Å². The minimum absolute atomic E-state index is 0.168. The number of carboxylic acid groups (broad SMARTS) is 1. The Balaban J connectivity index is 2.05. The van der Waals surface area contributed by atoms with Crippen molar-refractivity contribution in [3.8, 4) is 0 Å². The van der Waals surface area contributed by atoms with E-state index in [9.17, 15) is 9.59 Å². The van der Waals surface area contributed by atoms with Gasteiger partial charge in [-0.15, -0.1) is 11.8 Å². The van der Waals surface area contributed by atoms with E-state index in [2.05, 4.69) is 10.3 Å². The zero-order valence-electron chi connectivity index (χ0n) is 11.9. The number of carbonyl (C=O) groups is 2. The predicted octanol–water partition coefficient (Wildman–Crippen LogP) is 1.77. The topological polar surface area (TPSA) is 78.8 Å². The van der Waals surface area contributed by atoms with Crippen LogP contribution in [0.2, 0.25) is 0 Å². The van der Waals surface area contributed by atoms with Crippen LogP contribution in [0.4, 0.5) is 0 Å². The average Bonchev–Trinajstić information content (AvgIpc) is 2.94. The number of carboxylic acids is 1. The summed E-state index contributed by atoms with van der Waals surface area (Å²) in [5, 5.41) is 12.5. The summed E-state index contributed by atoms with van der Waals surface area (Å²) in [5.74, 6) is -0.968. The van der Waals surface area contributed by atoms with Gasteiger partial charge in [-0.3, -0.25) is 9.79 Å². The third kappa shape index (κ3) is 3.85. The Morgan fingerprint density at radius 3 is 2.57 bits per heavy atom. The molecule has 112 valence electrons. The molecule has 5 nitrogen and oxygen atoms in total. The van der Waals surface area contributed by atoms with Crippen LogP contribution in [0.25, 0.3) is 0 Å². The molecule has 0 aromatic heterocycles. The highest BCUT2D eigenvalue weighted by molar-refractivity contribution is 8.14. The SMILES string of the molecule is CC(C)C(NC(=O)C1CSC(c2ccccc2)=N1)C(=O)O. The Bertz CT molecular complexity index is 557. The summed E-state index contributed by atoms with van der Waals surface area (Å²) >= 11 is 1.52. The van der Waals surface area contributed by atoms with E-state index >= 15 is 0 Å². The second-order valence-corrected chi connectivity index (χ2v) is 6.20. The van der Waals surface area contributed by atoms with Crippen LogP contribution in [0.5, 0.6) is 0 Å². The standard InChI is InChI=1S/C15H18N2O3S/c1-9(2)12(15(19)20)17-13(18)11-8-21-14(16-11)10-6-4-3-5-7-10/h3-7,9,11-12H,8H2,1-2H3,(H,17,18)(H,19,20). The number of aliphatic imine (C=N–C) groups is 1. The lowest BCUT2D eigenvalue weighted by atomic mass is 10.0. The molecule has 0 fully saturated rings. The molecular formula is C15H18N2O3S. The minimum atomic E-state index is -1.02. The number of amides is 1. The number of thioether (sulfide) groups is 1. The van der Waals surface area contributed by atoms with E-state index in [0.717, 1.165) is 10.6 Å². The molecule has 1 aromatic carbocycles. The summed E-state index contributed by atoms with van der Waals surface area (Å²) in [6.07, 6.45) is 0. The molecule has 1 amide bonds. The van der Waals surface area contributed by atoms with E-state index in [1.165, 1.54) is 11.8 Å². The fourth-order valence-electron chi connectivity index (χ4n) is 2.01. The van der Waals surface area contributed by atoms with Gasteiger partial charge in [0, 0.05) is 11.3 Å². The lowest BCUT2D eigenvalue weighted by molar-refractivity contribution is -0.143. The van der Waals surface area contributed by atoms with E-state index in [0.29, 0.717) is 5.75 Å². The number of carbonyl (C=O) groups excluding carboxylic acids is 1. The second-order valence-electron chi connectivity index (χ2n) is 5.20. The fourth-order valence-corrected chi connectivity index (χ4v) is 3.06. The molecule has 0 spiro atoms. The van der Waals surface area contributed by atoms with Crippen LogP contribution in [0.15, 0.2) is 35.3 Å². The van der Waals surface area contributed by atoms with E-state index in [1.807, 2.05) is 30.3 Å². The number of hydrogen-bond donors (Lipinski definition) is 2. The summed E-state index contributed by atoms with van der Waals surface area (Å²) in [7, 11) is 0. The molecule has 0 radical (unpaired) electrons. The maximum Gasteiger partial charge on any atom is 0.326 e. The number of nitrogens with zero attached hydrogens (tertiary/aromatic N) is 1. The lowest BCUT2D eigenvalue weighted by Crippen LogP contribution is -2.47. The Morgan fingerprint density at radius 1 is 1.33 bits per heavy atom. The second kappa shape index (κ2) is 6.76. The van der Waals surface area contributed by atoms with Crippen LogP contribution in [-0.2, 0) is 9.59 Å². The summed E-state index contributed by atoms with van der Waals surface area (Å²) in [6.45, 7) is 3.53. The fraction of sp³-hybridized carbons (Fsp3) is 0.400. The number of benzene rings is 1. The highest BCUT2D eigenvalue weighted by atomic mass is 32.2. The van der Waals surface area contributed by atoms with Crippen molar-refractivity contribution in [2.75, 3.05) is 5.75 Å². The number of aliphatic carboxylic acids is 1. The van der Waals surface area contributed by atoms with Gasteiger partial charge < -0.3 is 10.4 Å². The maximum absolute atomic E-state index is 12.1. The Hall–Kier alpha value is -1.82. The highest BCUT2D eigenvalue weighted by Crippen LogP contribution is 2.23. The van der Waals surface area contributed by atoms with Gasteiger partial charge >= 0.3 is 5.97 Å². The van der Waals surface area contributed by atoms with Crippen molar-refractivity contribution in [2.24, 2.45) is 10.9 Å². The first-order chi connectivity index (χ1) is 9.99. The van der Waals surface area contributed by atoms with Gasteiger partial charge in [0.15, 0.2) is 0 Å². The molecular weight excluding hydrogens is 288 g/mol. The largest absolute Gasteiger partial charge is 0.480 e. The molecule has 1 aliphatic rings. The number of nitrogens with one attached hydrogen (secondary N) is 1. The van der Waals surface area contributed by atoms with Crippen LogP contribution >= 0.6 is 11.8 Å². The summed E-state index contributed by atoms with van der Waals surface area (Å²) in [4.78, 5) is 27.7. The molecule has 2 N–H and O–H groups in total. The number of rotatable bonds is 5. The van der Waals surface area contributed by atoms with Crippen molar-refractivity contribution in [2.45, 2.75) is 25.9 Å². The normalized spacial score (nSPS) is 19.2. The smallest absolute Gasteiger partial charge is 0.326 e. The molecule has 0 aliphatic carbocycles. The molecule has 2 atom stereocenters. The van der Waals surface area contributed by atoms with Gasteiger partial charge in [0.05, 0.1) is 5.04 Å². The molecule has 2 rings (SSSR count). The number of hydrogen-bond acceptors (Lipinski definition) is 4. The molecule has 21 heavy (non-hydrogen) atoms. The molecule has 2 unspecified atom stereocenters. The van der Waals surface area contributed by atoms with E-state index < -0.39 is 18.1 Å². The third-order valence-corrected chi connectivity index (χ3v) is 4.30. The van der Waals surface area contributed by atoms with Crippen LogP contribution in [0, 0.1) is 5.92 Å². The zero-order chi connectivity index (χ0) is 15.4.